The van der Waals surface area contributed by atoms with E-state index in [0.717, 1.165) is 31.6 Å². The van der Waals surface area contributed by atoms with E-state index >= 15 is 0 Å². The Morgan fingerprint density at radius 2 is 1.92 bits per heavy atom. The molecule has 0 bridgehead atoms. The number of piperidine rings is 1. The van der Waals surface area contributed by atoms with Crippen molar-refractivity contribution >= 4 is 17.5 Å². The van der Waals surface area contributed by atoms with Crippen LogP contribution in [0.25, 0.3) is 0 Å². The maximum atomic E-state index is 13.1. The van der Waals surface area contributed by atoms with Crippen LogP contribution in [-0.4, -0.2) is 48.3 Å². The molecule has 2 amide bonds. The fraction of sp³-hybridized carbons (Fsp3) is 0.368. The second-order valence-corrected chi connectivity index (χ2v) is 6.82. The highest BCUT2D eigenvalue weighted by atomic mass is 16.2. The van der Waals surface area contributed by atoms with Gasteiger partial charge in [-0.15, -0.1) is 0 Å². The van der Waals surface area contributed by atoms with Gasteiger partial charge in [-0.25, -0.2) is 0 Å². The number of carbonyl (C=O) groups is 2. The second-order valence-electron chi connectivity index (χ2n) is 6.82. The molecule has 0 atom stereocenters. The third kappa shape index (κ3) is 2.93. The Balaban J connectivity index is 1.64. The van der Waals surface area contributed by atoms with Gasteiger partial charge in [0.15, 0.2) is 0 Å². The second kappa shape index (κ2) is 6.37. The van der Waals surface area contributed by atoms with E-state index in [0.29, 0.717) is 23.6 Å². The van der Waals surface area contributed by atoms with Gasteiger partial charge in [0.05, 0.1) is 16.9 Å². The zero-order valence-electron chi connectivity index (χ0n) is 14.3. The molecule has 130 valence electrons. The molecule has 0 spiro atoms. The number of benzene rings is 1. The summed E-state index contributed by atoms with van der Waals surface area (Å²) in [5, 5.41) is 6.23. The van der Waals surface area contributed by atoms with Crippen LogP contribution in [0.1, 0.15) is 23.2 Å². The van der Waals surface area contributed by atoms with E-state index in [2.05, 4.69) is 22.6 Å². The Labute approximate surface area is 147 Å². The summed E-state index contributed by atoms with van der Waals surface area (Å²) in [6.45, 7) is 2.41. The molecule has 6 heteroatoms. The number of nitrogens with zero attached hydrogens (tertiary/aromatic N) is 2. The minimum Gasteiger partial charge on any atom is -0.339 e. The van der Waals surface area contributed by atoms with E-state index in [1.807, 2.05) is 30.4 Å². The molecule has 3 aliphatic heterocycles. The van der Waals surface area contributed by atoms with Gasteiger partial charge in [-0.3, -0.25) is 14.5 Å². The normalized spacial score (nSPS) is 21.2. The molecular weight excluding hydrogens is 316 g/mol. The highest BCUT2D eigenvalue weighted by molar-refractivity contribution is 6.02. The van der Waals surface area contributed by atoms with Crippen molar-refractivity contribution in [2.75, 3.05) is 32.0 Å². The van der Waals surface area contributed by atoms with Crippen molar-refractivity contribution in [2.24, 2.45) is 5.92 Å². The van der Waals surface area contributed by atoms with Crippen LogP contribution in [0, 0.1) is 5.92 Å². The molecule has 0 unspecified atom stereocenters. The number of rotatable bonds is 1. The molecule has 0 aromatic heterocycles. The number of hydrogen-bond acceptors (Lipinski definition) is 4. The smallest absolute Gasteiger partial charge is 0.257 e. The van der Waals surface area contributed by atoms with E-state index in [-0.39, 0.29) is 17.7 Å². The molecule has 1 fully saturated rings. The lowest BCUT2D eigenvalue weighted by Gasteiger charge is -2.34. The van der Waals surface area contributed by atoms with E-state index in [9.17, 15) is 9.59 Å². The fourth-order valence-corrected chi connectivity index (χ4v) is 3.61. The number of anilines is 1. The number of amides is 2. The molecule has 3 heterocycles. The molecule has 2 N–H and O–H groups in total. The number of hydrogen-bond donors (Lipinski definition) is 2. The van der Waals surface area contributed by atoms with Gasteiger partial charge in [0, 0.05) is 12.5 Å². The Morgan fingerprint density at radius 1 is 1.16 bits per heavy atom. The predicted octanol–water partition coefficient (Wildman–Crippen LogP) is 1.75. The van der Waals surface area contributed by atoms with Crippen LogP contribution in [0.3, 0.4) is 0 Å². The minimum absolute atomic E-state index is 0.0347. The van der Waals surface area contributed by atoms with Crippen LogP contribution in [0.2, 0.25) is 0 Å². The van der Waals surface area contributed by atoms with Crippen molar-refractivity contribution in [1.82, 2.24) is 15.1 Å². The molecule has 0 radical (unpaired) electrons. The van der Waals surface area contributed by atoms with Gasteiger partial charge in [0.25, 0.3) is 5.91 Å². The van der Waals surface area contributed by atoms with Gasteiger partial charge >= 0.3 is 0 Å². The topological polar surface area (TPSA) is 64.7 Å². The van der Waals surface area contributed by atoms with E-state index in [1.54, 1.807) is 11.0 Å². The molecule has 0 saturated carbocycles. The lowest BCUT2D eigenvalue weighted by atomic mass is 9.95. The molecule has 1 aromatic rings. The SMILES string of the molecule is CN1CCC(C(=O)N2CC=CC3=C2Nc2ccccc2C(=O)N3)CC1. The monoisotopic (exact) mass is 338 g/mol. The van der Waals surface area contributed by atoms with Crippen LogP contribution in [0.15, 0.2) is 47.9 Å². The maximum absolute atomic E-state index is 13.1. The van der Waals surface area contributed by atoms with Crippen molar-refractivity contribution < 1.29 is 9.59 Å². The zero-order chi connectivity index (χ0) is 17.4. The summed E-state index contributed by atoms with van der Waals surface area (Å²) in [7, 11) is 2.09. The van der Waals surface area contributed by atoms with Gasteiger partial charge < -0.3 is 15.5 Å². The third-order valence-electron chi connectivity index (χ3n) is 5.10. The van der Waals surface area contributed by atoms with Gasteiger partial charge in [-0.1, -0.05) is 18.2 Å². The molecule has 6 nitrogen and oxygen atoms in total. The van der Waals surface area contributed by atoms with Crippen LogP contribution >= 0.6 is 0 Å². The standard InChI is InChI=1S/C19H22N4O2/c1-22-11-8-13(9-12-22)19(25)23-10-4-7-16-17(23)20-15-6-3-2-5-14(15)18(24)21-16/h2-7,13,20H,8-12H2,1H3,(H,21,24). The summed E-state index contributed by atoms with van der Waals surface area (Å²) in [5.74, 6) is 0.676. The van der Waals surface area contributed by atoms with Crippen LogP contribution < -0.4 is 10.6 Å². The number of likely N-dealkylation sites (tertiary alicyclic amines) is 1. The van der Waals surface area contributed by atoms with Crippen molar-refractivity contribution in [1.29, 1.82) is 0 Å². The van der Waals surface area contributed by atoms with Gasteiger partial charge in [-0.2, -0.15) is 0 Å². The average molecular weight is 338 g/mol. The molecular formula is C19H22N4O2. The number of nitrogens with one attached hydrogen (secondary N) is 2. The number of carbonyl (C=O) groups excluding carboxylic acids is 2. The minimum atomic E-state index is -0.161. The summed E-state index contributed by atoms with van der Waals surface area (Å²) < 4.78 is 0. The first kappa shape index (κ1) is 15.9. The first-order chi connectivity index (χ1) is 12.1. The number of allylic oxidation sites excluding steroid dienone is 1. The van der Waals surface area contributed by atoms with Crippen molar-refractivity contribution in [2.45, 2.75) is 12.8 Å². The zero-order valence-corrected chi connectivity index (χ0v) is 14.3. The molecule has 4 rings (SSSR count). The largest absolute Gasteiger partial charge is 0.339 e. The number of fused-ring (bicyclic) bond motifs is 1. The van der Waals surface area contributed by atoms with Crippen LogP contribution in [-0.2, 0) is 4.79 Å². The molecule has 1 saturated heterocycles. The summed E-state index contributed by atoms with van der Waals surface area (Å²) in [5.41, 5.74) is 1.95. The predicted molar refractivity (Wildman–Crippen MR) is 95.6 cm³/mol. The summed E-state index contributed by atoms with van der Waals surface area (Å²) in [4.78, 5) is 29.6. The summed E-state index contributed by atoms with van der Waals surface area (Å²) in [6.07, 6.45) is 5.54. The Morgan fingerprint density at radius 3 is 2.72 bits per heavy atom. The van der Waals surface area contributed by atoms with Gasteiger partial charge in [0.2, 0.25) is 5.91 Å². The third-order valence-corrected chi connectivity index (χ3v) is 5.10. The lowest BCUT2D eigenvalue weighted by molar-refractivity contribution is -0.134. The Bertz CT molecular complexity index is 775. The Hall–Kier alpha value is -2.60. The van der Waals surface area contributed by atoms with E-state index in [4.69, 9.17) is 0 Å². The first-order valence-corrected chi connectivity index (χ1v) is 8.71. The van der Waals surface area contributed by atoms with Gasteiger partial charge in [-0.05, 0) is 51.2 Å². The Kier molecular flexibility index (Phi) is 4.05. The fourth-order valence-electron chi connectivity index (χ4n) is 3.61. The van der Waals surface area contributed by atoms with Crippen molar-refractivity contribution in [3.63, 3.8) is 0 Å². The first-order valence-electron chi connectivity index (χ1n) is 8.71. The molecule has 3 aliphatic rings. The van der Waals surface area contributed by atoms with Crippen LogP contribution in [0.4, 0.5) is 5.69 Å². The van der Waals surface area contributed by atoms with Crippen molar-refractivity contribution in [3.05, 3.63) is 53.5 Å². The summed E-state index contributed by atoms with van der Waals surface area (Å²) >= 11 is 0. The molecule has 0 aliphatic carbocycles. The lowest BCUT2D eigenvalue weighted by Crippen LogP contribution is -2.44. The van der Waals surface area contributed by atoms with E-state index < -0.39 is 0 Å². The summed E-state index contributed by atoms with van der Waals surface area (Å²) in [6, 6.07) is 7.36. The van der Waals surface area contributed by atoms with Gasteiger partial charge in [0.1, 0.15) is 5.82 Å². The molecule has 1 aromatic carbocycles. The molecule has 25 heavy (non-hydrogen) atoms. The quantitative estimate of drug-likeness (QED) is 0.819. The van der Waals surface area contributed by atoms with E-state index in [1.165, 1.54) is 0 Å². The average Bonchev–Trinajstić information content (AvgIpc) is 2.77. The van der Waals surface area contributed by atoms with Crippen LogP contribution in [0.5, 0.6) is 0 Å². The number of para-hydroxylation sites is 1. The van der Waals surface area contributed by atoms with Crippen molar-refractivity contribution in [3.8, 4) is 0 Å². The highest BCUT2D eigenvalue weighted by Gasteiger charge is 2.33. The highest BCUT2D eigenvalue weighted by Crippen LogP contribution is 2.28. The maximum Gasteiger partial charge on any atom is 0.257 e.